The van der Waals surface area contributed by atoms with Crippen molar-refractivity contribution in [2.45, 2.75) is 25.9 Å². The second-order valence-electron chi connectivity index (χ2n) is 6.31. The molecule has 0 bridgehead atoms. The molecule has 3 aromatic rings. The van der Waals surface area contributed by atoms with Crippen LogP contribution < -0.4 is 5.32 Å². The van der Waals surface area contributed by atoms with Gasteiger partial charge in [-0.3, -0.25) is 4.79 Å². The molecule has 0 aliphatic rings. The van der Waals surface area contributed by atoms with Gasteiger partial charge in [-0.1, -0.05) is 48.5 Å². The summed E-state index contributed by atoms with van der Waals surface area (Å²) in [5, 5.41) is 17.8. The van der Waals surface area contributed by atoms with Gasteiger partial charge in [0.05, 0.1) is 17.7 Å². The van der Waals surface area contributed by atoms with E-state index in [1.807, 2.05) is 73.8 Å². The van der Waals surface area contributed by atoms with E-state index in [0.29, 0.717) is 11.4 Å². The molecule has 1 amide bonds. The molecule has 0 spiro atoms. The summed E-state index contributed by atoms with van der Waals surface area (Å²) in [6.45, 7) is 3.52. The molecule has 0 saturated heterocycles. The first-order chi connectivity index (χ1) is 12.0. The molecule has 1 unspecified atom stereocenters. The third kappa shape index (κ3) is 3.95. The number of carbonyl (C=O) groups is 1. The van der Waals surface area contributed by atoms with Gasteiger partial charge >= 0.3 is 0 Å². The number of amides is 1. The van der Waals surface area contributed by atoms with Crippen molar-refractivity contribution in [1.29, 1.82) is 0 Å². The second-order valence-corrected chi connectivity index (χ2v) is 6.31. The van der Waals surface area contributed by atoms with Gasteiger partial charge in [-0.15, -0.1) is 5.10 Å². The van der Waals surface area contributed by atoms with Gasteiger partial charge in [-0.2, -0.15) is 0 Å². The van der Waals surface area contributed by atoms with Crippen LogP contribution in [0.3, 0.4) is 0 Å². The number of hydrogen-bond donors (Lipinski definition) is 2. The van der Waals surface area contributed by atoms with Crippen LogP contribution in [0.5, 0.6) is 0 Å². The second kappa shape index (κ2) is 6.91. The first-order valence-electron chi connectivity index (χ1n) is 8.15. The first kappa shape index (κ1) is 16.9. The molecule has 128 valence electrons. The van der Waals surface area contributed by atoms with E-state index in [1.165, 1.54) is 0 Å². The molecule has 2 N–H and O–H groups in total. The summed E-state index contributed by atoms with van der Waals surface area (Å²) in [7, 11) is 0. The van der Waals surface area contributed by atoms with E-state index in [4.69, 9.17) is 0 Å². The number of benzene rings is 2. The lowest BCUT2D eigenvalue weighted by atomic mass is 9.92. The zero-order valence-corrected chi connectivity index (χ0v) is 14.3. The number of aryl methyl sites for hydroxylation is 1. The third-order valence-corrected chi connectivity index (χ3v) is 4.08. The molecule has 1 atom stereocenters. The fraction of sp³-hybridized carbons (Fsp3) is 0.200. The van der Waals surface area contributed by atoms with E-state index in [-0.39, 0.29) is 12.3 Å². The number of nitrogens with one attached hydrogen (secondary N) is 1. The minimum Gasteiger partial charge on any atom is -0.385 e. The van der Waals surface area contributed by atoms with Crippen molar-refractivity contribution in [3.05, 3.63) is 78.0 Å². The van der Waals surface area contributed by atoms with Crippen LogP contribution in [0.4, 0.5) is 5.82 Å². The largest absolute Gasteiger partial charge is 0.385 e. The Hall–Kier alpha value is -2.92. The fourth-order valence-corrected chi connectivity index (χ4v) is 2.68. The van der Waals surface area contributed by atoms with E-state index in [2.05, 4.69) is 10.4 Å². The average Bonchev–Trinajstić information content (AvgIpc) is 2.96. The Labute approximate surface area is 146 Å². The highest BCUT2D eigenvalue weighted by Crippen LogP contribution is 2.25. The third-order valence-electron chi connectivity index (χ3n) is 4.08. The van der Waals surface area contributed by atoms with Crippen LogP contribution in [-0.4, -0.2) is 20.8 Å². The Kier molecular flexibility index (Phi) is 4.67. The predicted molar refractivity (Wildman–Crippen MR) is 97.6 cm³/mol. The topological polar surface area (TPSA) is 67.2 Å². The zero-order valence-electron chi connectivity index (χ0n) is 14.3. The molecule has 0 fully saturated rings. The first-order valence-corrected chi connectivity index (χ1v) is 8.15. The van der Waals surface area contributed by atoms with Gasteiger partial charge in [-0.05, 0) is 31.5 Å². The smallest absolute Gasteiger partial charge is 0.228 e. The van der Waals surface area contributed by atoms with E-state index >= 15 is 0 Å². The molecule has 0 radical (unpaired) electrons. The van der Waals surface area contributed by atoms with Gasteiger partial charge in [0.2, 0.25) is 5.91 Å². The molecular weight excluding hydrogens is 314 g/mol. The van der Waals surface area contributed by atoms with Crippen LogP contribution in [0.25, 0.3) is 5.69 Å². The SMILES string of the molecule is Cc1cn(-c2ccccc2)nc1NC(=O)CC(C)(O)c1ccccc1. The Morgan fingerprint density at radius 3 is 2.36 bits per heavy atom. The number of carbonyl (C=O) groups excluding carboxylic acids is 1. The summed E-state index contributed by atoms with van der Waals surface area (Å²) in [5.41, 5.74) is 1.25. The Bertz CT molecular complexity index is 855. The highest BCUT2D eigenvalue weighted by atomic mass is 16.3. The summed E-state index contributed by atoms with van der Waals surface area (Å²) in [5.74, 6) is 0.216. The van der Waals surface area contributed by atoms with Gasteiger partial charge < -0.3 is 10.4 Å². The molecule has 0 aliphatic heterocycles. The van der Waals surface area contributed by atoms with Crippen molar-refractivity contribution < 1.29 is 9.90 Å². The normalized spacial score (nSPS) is 13.2. The highest BCUT2D eigenvalue weighted by Gasteiger charge is 2.27. The zero-order chi connectivity index (χ0) is 17.9. The molecule has 0 saturated carbocycles. The molecule has 5 nitrogen and oxygen atoms in total. The maximum atomic E-state index is 12.4. The van der Waals surface area contributed by atoms with Crippen molar-refractivity contribution in [2.75, 3.05) is 5.32 Å². The summed E-state index contributed by atoms with van der Waals surface area (Å²) in [6, 6.07) is 18.9. The number of hydrogen-bond acceptors (Lipinski definition) is 3. The van der Waals surface area contributed by atoms with E-state index in [1.54, 1.807) is 11.6 Å². The lowest BCUT2D eigenvalue weighted by Gasteiger charge is -2.23. The van der Waals surface area contributed by atoms with Crippen molar-refractivity contribution in [3.63, 3.8) is 0 Å². The number of para-hydroxylation sites is 1. The van der Waals surface area contributed by atoms with Gasteiger partial charge in [0.15, 0.2) is 5.82 Å². The Morgan fingerprint density at radius 1 is 1.12 bits per heavy atom. The lowest BCUT2D eigenvalue weighted by Crippen LogP contribution is -2.28. The Morgan fingerprint density at radius 2 is 1.72 bits per heavy atom. The molecule has 3 rings (SSSR count). The van der Waals surface area contributed by atoms with Gasteiger partial charge in [-0.25, -0.2) is 4.68 Å². The fourth-order valence-electron chi connectivity index (χ4n) is 2.68. The summed E-state index contributed by atoms with van der Waals surface area (Å²) >= 11 is 0. The van der Waals surface area contributed by atoms with E-state index in [0.717, 1.165) is 11.3 Å². The van der Waals surface area contributed by atoms with Crippen molar-refractivity contribution in [1.82, 2.24) is 9.78 Å². The van der Waals surface area contributed by atoms with Crippen molar-refractivity contribution >= 4 is 11.7 Å². The number of anilines is 1. The monoisotopic (exact) mass is 335 g/mol. The van der Waals surface area contributed by atoms with Crippen LogP contribution >= 0.6 is 0 Å². The molecule has 1 aromatic heterocycles. The molecule has 1 heterocycles. The maximum absolute atomic E-state index is 12.4. The maximum Gasteiger partial charge on any atom is 0.228 e. The minimum absolute atomic E-state index is 0.0470. The number of rotatable bonds is 5. The van der Waals surface area contributed by atoms with Gasteiger partial charge in [0, 0.05) is 11.8 Å². The van der Waals surface area contributed by atoms with Gasteiger partial charge in [0.1, 0.15) is 0 Å². The molecule has 5 heteroatoms. The molecular formula is C20H21N3O2. The van der Waals surface area contributed by atoms with Crippen molar-refractivity contribution in [2.24, 2.45) is 0 Å². The van der Waals surface area contributed by atoms with Crippen LogP contribution in [0.2, 0.25) is 0 Å². The quantitative estimate of drug-likeness (QED) is 0.751. The van der Waals surface area contributed by atoms with E-state index < -0.39 is 5.60 Å². The number of nitrogens with zero attached hydrogens (tertiary/aromatic N) is 2. The average molecular weight is 335 g/mol. The standard InChI is InChI=1S/C20H21N3O2/c1-15-14-23(17-11-7-4-8-12-17)22-19(15)21-18(24)13-20(2,25)16-9-5-3-6-10-16/h3-12,14,25H,13H2,1-2H3,(H,21,22,24). The molecule has 0 aliphatic carbocycles. The van der Waals surface area contributed by atoms with Crippen LogP contribution in [0, 0.1) is 6.92 Å². The molecule has 25 heavy (non-hydrogen) atoms. The van der Waals surface area contributed by atoms with Crippen LogP contribution in [0.15, 0.2) is 66.9 Å². The van der Waals surface area contributed by atoms with Crippen LogP contribution in [0.1, 0.15) is 24.5 Å². The van der Waals surface area contributed by atoms with Crippen LogP contribution in [-0.2, 0) is 10.4 Å². The number of aromatic nitrogens is 2. The highest BCUT2D eigenvalue weighted by molar-refractivity contribution is 5.91. The summed E-state index contributed by atoms with van der Waals surface area (Å²) in [4.78, 5) is 12.4. The Balaban J connectivity index is 1.72. The minimum atomic E-state index is -1.23. The molecule has 2 aromatic carbocycles. The number of aliphatic hydroxyl groups is 1. The lowest BCUT2D eigenvalue weighted by molar-refractivity contribution is -0.120. The van der Waals surface area contributed by atoms with E-state index in [9.17, 15) is 9.90 Å². The summed E-state index contributed by atoms with van der Waals surface area (Å²) in [6.07, 6.45) is 1.81. The summed E-state index contributed by atoms with van der Waals surface area (Å²) < 4.78 is 1.72. The van der Waals surface area contributed by atoms with Gasteiger partial charge in [0.25, 0.3) is 0 Å². The van der Waals surface area contributed by atoms with Crippen molar-refractivity contribution in [3.8, 4) is 5.69 Å². The predicted octanol–water partition coefficient (Wildman–Crippen LogP) is 3.42.